The van der Waals surface area contributed by atoms with Gasteiger partial charge in [0.2, 0.25) is 0 Å². The van der Waals surface area contributed by atoms with Gasteiger partial charge in [0.25, 0.3) is 0 Å². The molecule has 2 aromatic carbocycles. The van der Waals surface area contributed by atoms with E-state index in [0.717, 1.165) is 16.6 Å². The van der Waals surface area contributed by atoms with E-state index in [1.807, 2.05) is 77.9 Å². The van der Waals surface area contributed by atoms with Crippen LogP contribution in [0.25, 0.3) is 10.9 Å². The Bertz CT molecular complexity index is 725. The van der Waals surface area contributed by atoms with Crippen LogP contribution < -0.4 is 6.15 Å². The topological polar surface area (TPSA) is 68.1 Å². The highest BCUT2D eigenvalue weighted by Gasteiger charge is 2.03. The van der Waals surface area contributed by atoms with Gasteiger partial charge in [0, 0.05) is 11.1 Å². The average Bonchev–Trinajstić information content (AvgIpc) is 2.68. The van der Waals surface area contributed by atoms with Crippen molar-refractivity contribution >= 4 is 10.9 Å². The first kappa shape index (κ1) is 30.3. The van der Waals surface area contributed by atoms with E-state index in [2.05, 4.69) is 37.9 Å². The van der Waals surface area contributed by atoms with Crippen LogP contribution in [-0.4, -0.2) is 10.1 Å². The van der Waals surface area contributed by atoms with Gasteiger partial charge in [0.05, 0.1) is 0 Å². The molecule has 0 aliphatic carbocycles. The number of pyridine rings is 1. The first-order valence-electron chi connectivity index (χ1n) is 10.1. The summed E-state index contributed by atoms with van der Waals surface area (Å²) < 4.78 is 0. The van der Waals surface area contributed by atoms with E-state index in [-0.39, 0.29) is 11.9 Å². The fraction of sp³-hybridized carbons (Fsp3) is 0.400. The maximum absolute atomic E-state index is 9.56. The number of hydrogen-bond donors (Lipinski definition) is 2. The van der Waals surface area contributed by atoms with E-state index in [1.54, 1.807) is 6.07 Å². The van der Waals surface area contributed by atoms with Gasteiger partial charge in [-0.25, -0.2) is 4.98 Å². The quantitative estimate of drug-likeness (QED) is 0.409. The van der Waals surface area contributed by atoms with Crippen LogP contribution in [0, 0.1) is 20.8 Å². The van der Waals surface area contributed by atoms with Gasteiger partial charge in [-0.1, -0.05) is 96.0 Å². The lowest BCUT2D eigenvalue weighted by molar-refractivity contribution is 0.480. The van der Waals surface area contributed by atoms with Crippen molar-refractivity contribution < 1.29 is 5.11 Å². The molecule has 0 spiro atoms. The Labute approximate surface area is 173 Å². The Hall–Kier alpha value is -2.39. The molecule has 0 fully saturated rings. The van der Waals surface area contributed by atoms with E-state index in [1.165, 1.54) is 12.0 Å². The van der Waals surface area contributed by atoms with Crippen molar-refractivity contribution in [3.63, 3.8) is 0 Å². The Kier molecular flexibility index (Phi) is 21.0. The number of aromatic nitrogens is 1. The summed E-state index contributed by atoms with van der Waals surface area (Å²) in [5.74, 6) is 0.254. The second-order valence-corrected chi connectivity index (χ2v) is 5.62. The normalized spacial score (nSPS) is 8.18. The summed E-state index contributed by atoms with van der Waals surface area (Å²) >= 11 is 0. The summed E-state index contributed by atoms with van der Waals surface area (Å²) in [4.78, 5) is 4.29. The van der Waals surface area contributed by atoms with Gasteiger partial charge in [-0.2, -0.15) is 0 Å². The minimum absolute atomic E-state index is 0. The molecular formula is C25H42N2O. The predicted molar refractivity (Wildman–Crippen MR) is 128 cm³/mol. The molecule has 1 aromatic heterocycles. The van der Waals surface area contributed by atoms with Crippen molar-refractivity contribution in [2.75, 3.05) is 0 Å². The second-order valence-electron chi connectivity index (χ2n) is 5.62. The first-order valence-corrected chi connectivity index (χ1v) is 10.1. The van der Waals surface area contributed by atoms with Crippen LogP contribution >= 0.6 is 0 Å². The number of aromatic hydroxyl groups is 1. The Morgan fingerprint density at radius 3 is 1.71 bits per heavy atom. The Morgan fingerprint density at radius 2 is 1.29 bits per heavy atom. The predicted octanol–water partition coefficient (Wildman–Crippen LogP) is 8.18. The third kappa shape index (κ3) is 12.1. The summed E-state index contributed by atoms with van der Waals surface area (Å²) in [6.07, 6.45) is 1.25. The molecule has 0 saturated heterocycles. The Balaban J connectivity index is -0.000000356. The Morgan fingerprint density at radius 1 is 0.786 bits per heavy atom. The molecule has 0 bridgehead atoms. The molecule has 0 aliphatic rings. The zero-order valence-electron chi connectivity index (χ0n) is 19.5. The molecule has 3 heteroatoms. The van der Waals surface area contributed by atoms with E-state index in [0.29, 0.717) is 5.52 Å². The molecule has 158 valence electrons. The molecule has 28 heavy (non-hydrogen) atoms. The molecule has 3 rings (SSSR count). The number of para-hydroxylation sites is 1. The van der Waals surface area contributed by atoms with Crippen LogP contribution in [0.1, 0.15) is 64.8 Å². The third-order valence-electron chi connectivity index (χ3n) is 3.09. The van der Waals surface area contributed by atoms with Crippen LogP contribution in [-0.2, 0) is 0 Å². The van der Waals surface area contributed by atoms with Crippen LogP contribution in [0.2, 0.25) is 0 Å². The maximum atomic E-state index is 9.56. The highest BCUT2D eigenvalue weighted by atomic mass is 16.3. The highest BCUT2D eigenvalue weighted by molar-refractivity contribution is 5.87. The fourth-order valence-corrected chi connectivity index (χ4v) is 2.10. The molecule has 1 heterocycles. The SMILES string of the molecule is CC.CC.CCC.Cc1cc(C)c2cccc(O)c2n1.Cc1ccccc1.N. The number of fused-ring (bicyclic) bond motifs is 1. The van der Waals surface area contributed by atoms with Crippen molar-refractivity contribution in [1.29, 1.82) is 0 Å². The van der Waals surface area contributed by atoms with Crippen LogP contribution in [0.4, 0.5) is 0 Å². The van der Waals surface area contributed by atoms with E-state index in [4.69, 9.17) is 0 Å². The largest absolute Gasteiger partial charge is 0.506 e. The first-order chi connectivity index (χ1) is 13.0. The standard InChI is InChI=1S/C11H11NO.C7H8.C3H8.2C2H6.H3N/c1-7-6-8(2)12-11-9(7)4-3-5-10(11)13;1-7-5-3-2-4-6-7;1-3-2;2*1-2;/h3-6,13H,1-2H3;2-6H,1H3;3H2,1-2H3;2*1-2H3;1H3. The maximum Gasteiger partial charge on any atom is 0.141 e. The van der Waals surface area contributed by atoms with Crippen LogP contribution in [0.5, 0.6) is 5.75 Å². The van der Waals surface area contributed by atoms with E-state index >= 15 is 0 Å². The minimum Gasteiger partial charge on any atom is -0.506 e. The fourth-order valence-electron chi connectivity index (χ4n) is 2.10. The number of nitrogens with zero attached hydrogens (tertiary/aromatic N) is 1. The lowest BCUT2D eigenvalue weighted by Gasteiger charge is -2.04. The number of benzene rings is 2. The molecule has 0 saturated carbocycles. The van der Waals surface area contributed by atoms with Gasteiger partial charge < -0.3 is 11.3 Å². The molecule has 0 radical (unpaired) electrons. The lowest BCUT2D eigenvalue weighted by Crippen LogP contribution is -1.87. The van der Waals surface area contributed by atoms with Crippen LogP contribution in [0.3, 0.4) is 0 Å². The minimum atomic E-state index is 0. The van der Waals surface area contributed by atoms with E-state index < -0.39 is 0 Å². The summed E-state index contributed by atoms with van der Waals surface area (Å²) in [5, 5.41) is 10.6. The summed E-state index contributed by atoms with van der Waals surface area (Å²) in [6.45, 7) is 18.3. The molecule has 3 aromatic rings. The van der Waals surface area contributed by atoms with Crippen LogP contribution in [0.15, 0.2) is 54.6 Å². The van der Waals surface area contributed by atoms with Crippen molar-refractivity contribution in [1.82, 2.24) is 11.1 Å². The molecule has 4 N–H and O–H groups in total. The number of phenolic OH excluding ortho intramolecular Hbond substituents is 1. The van der Waals surface area contributed by atoms with Gasteiger partial charge in [-0.3, -0.25) is 0 Å². The van der Waals surface area contributed by atoms with Gasteiger partial charge in [0.15, 0.2) is 0 Å². The lowest BCUT2D eigenvalue weighted by atomic mass is 10.1. The monoisotopic (exact) mass is 386 g/mol. The molecule has 0 unspecified atom stereocenters. The molecule has 0 atom stereocenters. The number of aryl methyl sites for hydroxylation is 3. The molecule has 3 nitrogen and oxygen atoms in total. The van der Waals surface area contributed by atoms with E-state index in [9.17, 15) is 5.11 Å². The molecule has 0 aliphatic heterocycles. The molecule has 0 amide bonds. The van der Waals surface area contributed by atoms with Gasteiger partial charge in [-0.15, -0.1) is 0 Å². The zero-order valence-corrected chi connectivity index (χ0v) is 19.5. The summed E-state index contributed by atoms with van der Waals surface area (Å²) in [5.41, 5.74) is 4.10. The van der Waals surface area contributed by atoms with Crippen molar-refractivity contribution in [2.45, 2.75) is 68.7 Å². The zero-order chi connectivity index (χ0) is 21.2. The average molecular weight is 387 g/mol. The number of hydrogen-bond acceptors (Lipinski definition) is 3. The van der Waals surface area contributed by atoms with Gasteiger partial charge >= 0.3 is 0 Å². The summed E-state index contributed by atoms with van der Waals surface area (Å²) in [6, 6.07) is 17.7. The van der Waals surface area contributed by atoms with Gasteiger partial charge in [0.1, 0.15) is 11.3 Å². The number of rotatable bonds is 0. The van der Waals surface area contributed by atoms with Gasteiger partial charge in [-0.05, 0) is 38.5 Å². The molecular weight excluding hydrogens is 344 g/mol. The summed E-state index contributed by atoms with van der Waals surface area (Å²) in [7, 11) is 0. The van der Waals surface area contributed by atoms with Crippen molar-refractivity contribution in [3.8, 4) is 5.75 Å². The third-order valence-corrected chi connectivity index (χ3v) is 3.09. The van der Waals surface area contributed by atoms with Crippen molar-refractivity contribution in [2.24, 2.45) is 0 Å². The van der Waals surface area contributed by atoms with Crippen molar-refractivity contribution in [3.05, 3.63) is 71.4 Å². The second kappa shape index (κ2) is 19.4. The smallest absolute Gasteiger partial charge is 0.141 e. The number of phenols is 1. The highest BCUT2D eigenvalue weighted by Crippen LogP contribution is 2.24.